The van der Waals surface area contributed by atoms with Crippen LogP contribution < -0.4 is 5.32 Å². The summed E-state index contributed by atoms with van der Waals surface area (Å²) in [4.78, 5) is 42.6. The van der Waals surface area contributed by atoms with Crippen molar-refractivity contribution in [2.75, 3.05) is 18.9 Å². The van der Waals surface area contributed by atoms with Gasteiger partial charge in [0.2, 0.25) is 11.8 Å². The van der Waals surface area contributed by atoms with Gasteiger partial charge in [0.15, 0.2) is 0 Å². The third kappa shape index (κ3) is 4.50. The lowest BCUT2D eigenvalue weighted by Crippen LogP contribution is -2.51. The summed E-state index contributed by atoms with van der Waals surface area (Å²) in [6, 6.07) is 17.2. The number of nitrogens with one attached hydrogen (secondary N) is 1. The number of para-hydroxylation sites is 1. The van der Waals surface area contributed by atoms with Crippen molar-refractivity contribution in [3.63, 3.8) is 0 Å². The molecule has 2 aromatic carbocycles. The maximum absolute atomic E-state index is 13.8. The molecule has 0 bridgehead atoms. The molecule has 178 valence electrons. The number of fused-ring (bicyclic) bond motifs is 2. The van der Waals surface area contributed by atoms with Gasteiger partial charge in [0, 0.05) is 37.2 Å². The van der Waals surface area contributed by atoms with E-state index < -0.39 is 23.4 Å². The van der Waals surface area contributed by atoms with Gasteiger partial charge in [-0.15, -0.1) is 0 Å². The molecule has 1 fully saturated rings. The molecule has 7 nitrogen and oxygen atoms in total. The van der Waals surface area contributed by atoms with Crippen molar-refractivity contribution in [2.24, 2.45) is 5.92 Å². The SMILES string of the molecule is CC(C)C[C@@H](C(=O)N1C[C@]2(C[C@H]1C#N)C(=O)Nc1ccccc12)N(C)C(=O)C#Cc1ccccc1. The molecule has 1 spiro atoms. The summed E-state index contributed by atoms with van der Waals surface area (Å²) in [5, 5.41) is 12.8. The Morgan fingerprint density at radius 2 is 1.86 bits per heavy atom. The van der Waals surface area contributed by atoms with E-state index in [0.29, 0.717) is 17.7 Å². The van der Waals surface area contributed by atoms with Crippen LogP contribution >= 0.6 is 0 Å². The second-order valence-electron chi connectivity index (χ2n) is 9.57. The number of carbonyl (C=O) groups is 3. The molecule has 3 atom stereocenters. The van der Waals surface area contributed by atoms with Gasteiger partial charge in [-0.3, -0.25) is 14.4 Å². The standard InChI is InChI=1S/C28H28N4O3/c1-19(2)15-24(31(3)25(33)14-13-20-9-5-4-6-10-20)26(34)32-18-28(16-21(32)17-29)22-11-7-8-12-23(22)30-27(28)35/h4-12,19,21,24H,15-16,18H2,1-3H3,(H,30,35)/t21-,24-,28-/m0/s1. The van der Waals surface area contributed by atoms with Crippen molar-refractivity contribution < 1.29 is 14.4 Å². The molecular weight excluding hydrogens is 440 g/mol. The normalized spacial score (nSPS) is 21.1. The van der Waals surface area contributed by atoms with Crippen molar-refractivity contribution in [1.29, 1.82) is 5.26 Å². The maximum atomic E-state index is 13.8. The molecule has 0 radical (unpaired) electrons. The number of nitrogens with zero attached hydrogens (tertiary/aromatic N) is 3. The fraction of sp³-hybridized carbons (Fsp3) is 0.357. The number of rotatable bonds is 4. The van der Waals surface area contributed by atoms with Gasteiger partial charge in [0.1, 0.15) is 12.1 Å². The van der Waals surface area contributed by atoms with Crippen LogP contribution in [0.2, 0.25) is 0 Å². The number of hydrogen-bond acceptors (Lipinski definition) is 4. The summed E-state index contributed by atoms with van der Waals surface area (Å²) in [5.41, 5.74) is 1.26. The Kier molecular flexibility index (Phi) is 6.62. The average Bonchev–Trinajstić information content (AvgIpc) is 3.39. The van der Waals surface area contributed by atoms with Crippen molar-refractivity contribution in [3.8, 4) is 17.9 Å². The van der Waals surface area contributed by atoms with Gasteiger partial charge in [-0.2, -0.15) is 5.26 Å². The van der Waals surface area contributed by atoms with E-state index in [4.69, 9.17) is 0 Å². The molecular formula is C28H28N4O3. The van der Waals surface area contributed by atoms with Gasteiger partial charge in [-0.25, -0.2) is 0 Å². The van der Waals surface area contributed by atoms with E-state index in [0.717, 1.165) is 5.56 Å². The van der Waals surface area contributed by atoms with Crippen LogP contribution in [0.1, 0.15) is 37.8 Å². The zero-order chi connectivity index (χ0) is 25.2. The van der Waals surface area contributed by atoms with Crippen molar-refractivity contribution in [1.82, 2.24) is 9.80 Å². The van der Waals surface area contributed by atoms with E-state index in [1.807, 2.05) is 68.4 Å². The number of benzene rings is 2. The highest BCUT2D eigenvalue weighted by molar-refractivity contribution is 6.07. The minimum absolute atomic E-state index is 0.0965. The highest BCUT2D eigenvalue weighted by Crippen LogP contribution is 2.46. The first-order valence-corrected chi connectivity index (χ1v) is 11.7. The third-order valence-electron chi connectivity index (χ3n) is 6.77. The van der Waals surface area contributed by atoms with E-state index in [-0.39, 0.29) is 30.7 Å². The van der Waals surface area contributed by atoms with Crippen LogP contribution in [0.3, 0.4) is 0 Å². The smallest absolute Gasteiger partial charge is 0.299 e. The van der Waals surface area contributed by atoms with Crippen LogP contribution in [0.4, 0.5) is 5.69 Å². The Morgan fingerprint density at radius 3 is 2.54 bits per heavy atom. The van der Waals surface area contributed by atoms with Gasteiger partial charge in [0.05, 0.1) is 11.5 Å². The third-order valence-corrected chi connectivity index (χ3v) is 6.77. The van der Waals surface area contributed by atoms with Gasteiger partial charge >= 0.3 is 0 Å². The van der Waals surface area contributed by atoms with Crippen molar-refractivity contribution in [2.45, 2.75) is 44.2 Å². The fourth-order valence-corrected chi connectivity index (χ4v) is 4.93. The summed E-state index contributed by atoms with van der Waals surface area (Å²) in [7, 11) is 1.57. The zero-order valence-electron chi connectivity index (χ0n) is 20.1. The molecule has 1 saturated heterocycles. The first-order chi connectivity index (χ1) is 16.8. The van der Waals surface area contributed by atoms with Crippen LogP contribution in [0.15, 0.2) is 54.6 Å². The Labute approximate surface area is 205 Å². The van der Waals surface area contributed by atoms with Crippen molar-refractivity contribution in [3.05, 3.63) is 65.7 Å². The second-order valence-corrected chi connectivity index (χ2v) is 9.57. The summed E-state index contributed by atoms with van der Waals surface area (Å²) in [6.07, 6.45) is 0.635. The Hall–Kier alpha value is -4.10. The van der Waals surface area contributed by atoms with Gasteiger partial charge < -0.3 is 15.1 Å². The van der Waals surface area contributed by atoms with Gasteiger partial charge in [0.25, 0.3) is 5.91 Å². The maximum Gasteiger partial charge on any atom is 0.299 e. The molecule has 4 rings (SSSR count). The Bertz CT molecular complexity index is 1250. The van der Waals surface area contributed by atoms with Crippen LogP contribution in [0.25, 0.3) is 0 Å². The van der Waals surface area contributed by atoms with E-state index in [1.54, 1.807) is 7.05 Å². The number of amides is 3. The number of carbonyl (C=O) groups excluding carboxylic acids is 3. The largest absolute Gasteiger partial charge is 0.325 e. The summed E-state index contributed by atoms with van der Waals surface area (Å²) >= 11 is 0. The predicted octanol–water partition coefficient (Wildman–Crippen LogP) is 2.93. The van der Waals surface area contributed by atoms with E-state index in [9.17, 15) is 19.6 Å². The first kappa shape index (κ1) is 24.0. The molecule has 2 heterocycles. The molecule has 7 heteroatoms. The number of hydrogen-bond donors (Lipinski definition) is 1. The molecule has 2 aromatic rings. The quantitative estimate of drug-likeness (QED) is 0.699. The molecule has 2 aliphatic heterocycles. The minimum atomic E-state index is -0.968. The van der Waals surface area contributed by atoms with E-state index in [1.165, 1.54) is 9.80 Å². The topological polar surface area (TPSA) is 93.5 Å². The van der Waals surface area contributed by atoms with Crippen LogP contribution in [0.5, 0.6) is 0 Å². The lowest BCUT2D eigenvalue weighted by molar-refractivity contribution is -0.143. The molecule has 2 aliphatic rings. The predicted molar refractivity (Wildman–Crippen MR) is 132 cm³/mol. The lowest BCUT2D eigenvalue weighted by Gasteiger charge is -2.32. The van der Waals surface area contributed by atoms with Crippen molar-refractivity contribution >= 4 is 23.4 Å². The van der Waals surface area contributed by atoms with Crippen LogP contribution in [-0.2, 0) is 19.8 Å². The number of nitriles is 1. The molecule has 0 saturated carbocycles. The molecule has 3 amide bonds. The van der Waals surface area contributed by atoms with E-state index in [2.05, 4.69) is 23.2 Å². The number of anilines is 1. The second kappa shape index (κ2) is 9.64. The number of likely N-dealkylation sites (N-methyl/N-ethyl adjacent to an activating group) is 1. The molecule has 0 unspecified atom stereocenters. The molecule has 35 heavy (non-hydrogen) atoms. The fourth-order valence-electron chi connectivity index (χ4n) is 4.93. The monoisotopic (exact) mass is 468 g/mol. The van der Waals surface area contributed by atoms with Crippen LogP contribution in [-0.4, -0.2) is 53.2 Å². The summed E-state index contributed by atoms with van der Waals surface area (Å²) < 4.78 is 0. The lowest BCUT2D eigenvalue weighted by atomic mass is 9.80. The highest BCUT2D eigenvalue weighted by atomic mass is 16.2. The number of likely N-dealkylation sites (tertiary alicyclic amines) is 1. The minimum Gasteiger partial charge on any atom is -0.325 e. The molecule has 0 aliphatic carbocycles. The summed E-state index contributed by atoms with van der Waals surface area (Å²) in [6.45, 7) is 4.05. The molecule has 1 N–H and O–H groups in total. The molecule has 0 aromatic heterocycles. The Balaban J connectivity index is 1.61. The summed E-state index contributed by atoms with van der Waals surface area (Å²) in [5.74, 6) is 4.58. The highest BCUT2D eigenvalue weighted by Gasteiger charge is 2.56. The van der Waals surface area contributed by atoms with E-state index >= 15 is 0 Å². The first-order valence-electron chi connectivity index (χ1n) is 11.7. The zero-order valence-corrected chi connectivity index (χ0v) is 20.1. The van der Waals surface area contributed by atoms with Gasteiger partial charge in [-0.05, 0) is 36.1 Å². The Morgan fingerprint density at radius 1 is 1.17 bits per heavy atom. The van der Waals surface area contributed by atoms with Gasteiger partial charge in [-0.1, -0.05) is 56.2 Å². The average molecular weight is 469 g/mol. The van der Waals surface area contributed by atoms with Crippen LogP contribution in [0, 0.1) is 29.1 Å².